The molecule has 5 atom stereocenters. The third-order valence-corrected chi connectivity index (χ3v) is 18.5. The first-order valence-corrected chi connectivity index (χ1v) is 43.4. The van der Waals surface area contributed by atoms with E-state index in [-0.39, 0.29) is 25.7 Å². The van der Waals surface area contributed by atoms with Gasteiger partial charge in [0.25, 0.3) is 0 Å². The summed E-state index contributed by atoms with van der Waals surface area (Å²) >= 11 is 0. The Morgan fingerprint density at radius 2 is 0.500 bits per heavy atom. The lowest BCUT2D eigenvalue weighted by Gasteiger charge is -2.21. The Labute approximate surface area is 631 Å². The molecule has 0 aliphatic carbocycles. The van der Waals surface area contributed by atoms with Crippen molar-refractivity contribution in [1.29, 1.82) is 0 Å². The summed E-state index contributed by atoms with van der Waals surface area (Å²) in [5, 5.41) is 10.6. The number of phosphoric ester groups is 2. The number of allylic oxidation sites excluding steroid dienone is 22. The van der Waals surface area contributed by atoms with Crippen LogP contribution < -0.4 is 0 Å². The Hall–Kier alpha value is -4.80. The number of rotatable bonds is 75. The van der Waals surface area contributed by atoms with E-state index in [4.69, 9.17) is 37.0 Å². The molecule has 0 aromatic heterocycles. The molecule has 0 aliphatic rings. The fraction of sp³-hybridized carbons (Fsp3) is 0.694. The molecular formula is C85H144O17P2. The molecule has 19 heteroatoms. The first kappa shape index (κ1) is 99.2. The van der Waals surface area contributed by atoms with Crippen LogP contribution in [0, 0.1) is 0 Å². The average Bonchev–Trinajstić information content (AvgIpc) is 0.911. The van der Waals surface area contributed by atoms with E-state index in [1.54, 1.807) is 0 Å². The second-order valence-corrected chi connectivity index (χ2v) is 29.5. The maximum absolute atomic E-state index is 13.1. The van der Waals surface area contributed by atoms with Crippen molar-refractivity contribution in [1.82, 2.24) is 0 Å². The molecule has 0 saturated carbocycles. The van der Waals surface area contributed by atoms with Gasteiger partial charge in [-0.05, 0) is 161 Å². The number of carbonyl (C=O) groups excluding carboxylic acids is 4. The number of phosphoric acid groups is 2. The van der Waals surface area contributed by atoms with Crippen molar-refractivity contribution in [3.05, 3.63) is 134 Å². The van der Waals surface area contributed by atoms with Crippen molar-refractivity contribution in [3.8, 4) is 0 Å². The van der Waals surface area contributed by atoms with E-state index in [0.717, 1.165) is 199 Å². The predicted octanol–water partition coefficient (Wildman–Crippen LogP) is 23.7. The molecule has 0 aromatic rings. The second-order valence-electron chi connectivity index (χ2n) is 26.6. The average molecular weight is 1500 g/mol. The Kier molecular flexibility index (Phi) is 72.9. The van der Waals surface area contributed by atoms with Crippen LogP contribution in [0.25, 0.3) is 0 Å². The molecule has 0 fully saturated rings. The molecule has 0 aromatic carbocycles. The van der Waals surface area contributed by atoms with Crippen molar-refractivity contribution in [2.45, 2.75) is 341 Å². The van der Waals surface area contributed by atoms with Crippen LogP contribution in [0.2, 0.25) is 0 Å². The van der Waals surface area contributed by atoms with Gasteiger partial charge in [0.15, 0.2) is 12.2 Å². The number of aliphatic hydroxyl groups is 1. The van der Waals surface area contributed by atoms with E-state index in [0.29, 0.717) is 25.7 Å². The lowest BCUT2D eigenvalue weighted by atomic mass is 10.1. The number of aliphatic hydroxyl groups excluding tert-OH is 1. The van der Waals surface area contributed by atoms with E-state index < -0.39 is 97.5 Å². The van der Waals surface area contributed by atoms with Gasteiger partial charge in [-0.2, -0.15) is 0 Å². The molecule has 3 N–H and O–H groups in total. The van der Waals surface area contributed by atoms with Crippen LogP contribution in [-0.2, 0) is 65.4 Å². The molecule has 5 unspecified atom stereocenters. The zero-order valence-electron chi connectivity index (χ0n) is 65.2. The van der Waals surface area contributed by atoms with Crippen LogP contribution in [0.1, 0.15) is 323 Å². The molecule has 0 spiro atoms. The van der Waals surface area contributed by atoms with Crippen LogP contribution in [0.5, 0.6) is 0 Å². The summed E-state index contributed by atoms with van der Waals surface area (Å²) in [7, 11) is -9.98. The first-order valence-electron chi connectivity index (χ1n) is 40.4. The van der Waals surface area contributed by atoms with Crippen LogP contribution in [-0.4, -0.2) is 96.7 Å². The third kappa shape index (κ3) is 75.4. The fourth-order valence-electron chi connectivity index (χ4n) is 10.5. The topological polar surface area (TPSA) is 237 Å². The van der Waals surface area contributed by atoms with Gasteiger partial charge in [0.2, 0.25) is 0 Å². The molecule has 0 radical (unpaired) electrons. The number of hydrogen-bond acceptors (Lipinski definition) is 15. The summed E-state index contributed by atoms with van der Waals surface area (Å²) in [6.45, 7) is 4.55. The highest BCUT2D eigenvalue weighted by Crippen LogP contribution is 2.45. The maximum Gasteiger partial charge on any atom is 0.472 e. The molecule has 0 rings (SSSR count). The van der Waals surface area contributed by atoms with Crippen LogP contribution >= 0.6 is 15.6 Å². The van der Waals surface area contributed by atoms with Crippen LogP contribution in [0.3, 0.4) is 0 Å². The van der Waals surface area contributed by atoms with Crippen molar-refractivity contribution >= 4 is 39.5 Å². The standard InChI is InChI=1S/C85H144O17P2/c1-5-9-13-17-21-25-29-33-36-38-39-41-44-47-50-54-58-62-66-70-83(88)96-76-81(102-85(90)72-68-64-60-56-52-48-42-35-31-27-23-19-15-11-7-3)78-100-104(93,94)98-74-79(86)73-97-103(91,92)99-77-80(101-84(89)71-67-63-59-55-51-45-32-28-24-20-16-12-8-4)75-95-82(87)69-65-61-57-53-49-46-43-40-37-34-30-26-22-18-14-10-6-2/h9-10,13-14,21-23,25-28,32-37,39,41-42,47,50,79-81,86H,5-8,11-12,15-20,24,29-31,38,40,43-46,48-49,51-78H2,1-4H3,(H,91,92)(H,93,94)/b13-9-,14-10-,25-21-,26-22-,27-23-,32-28-,36-33-,37-34-,41-39-,42-35-,50-47-. The van der Waals surface area contributed by atoms with Gasteiger partial charge in [0, 0.05) is 25.7 Å². The second kappa shape index (κ2) is 76.4. The van der Waals surface area contributed by atoms with E-state index in [1.165, 1.54) is 44.9 Å². The SMILES string of the molecule is CC/C=C\C/C=C\C/C=C\C/C=C\C/C=C\CCCCCC(=O)OCC(COP(=O)(O)OCC(O)COP(=O)(O)OCC(COC(=O)CCCCCCCCC/C=C\C/C=C\C/C=C\CC)OC(=O)CCCCCCC/C=C\CCCCCC)OC(=O)CCCCCCC/C=C\C/C=C\CCCCC. The number of ether oxygens (including phenoxy) is 4. The predicted molar refractivity (Wildman–Crippen MR) is 427 cm³/mol. The number of unbranched alkanes of at least 4 members (excludes halogenated alkanes) is 27. The Morgan fingerprint density at radius 3 is 0.808 bits per heavy atom. The fourth-order valence-corrected chi connectivity index (χ4v) is 12.0. The molecule has 0 heterocycles. The van der Waals surface area contributed by atoms with E-state index in [2.05, 4.69) is 161 Å². The van der Waals surface area contributed by atoms with Crippen LogP contribution in [0.4, 0.5) is 0 Å². The van der Waals surface area contributed by atoms with Crippen molar-refractivity contribution < 1.29 is 80.2 Å². The number of esters is 4. The molecule has 0 aliphatic heterocycles. The highest BCUT2D eigenvalue weighted by Gasteiger charge is 2.30. The minimum Gasteiger partial charge on any atom is -0.462 e. The van der Waals surface area contributed by atoms with Crippen molar-refractivity contribution in [3.63, 3.8) is 0 Å². The minimum atomic E-state index is -4.99. The van der Waals surface area contributed by atoms with Gasteiger partial charge in [-0.1, -0.05) is 271 Å². The van der Waals surface area contributed by atoms with Crippen molar-refractivity contribution in [2.75, 3.05) is 39.6 Å². The molecule has 0 saturated heterocycles. The highest BCUT2D eigenvalue weighted by atomic mass is 31.2. The summed E-state index contributed by atoms with van der Waals surface area (Å²) < 4.78 is 68.6. The lowest BCUT2D eigenvalue weighted by Crippen LogP contribution is -2.30. The van der Waals surface area contributed by atoms with Gasteiger partial charge in [0.1, 0.15) is 19.3 Å². The summed E-state index contributed by atoms with van der Waals surface area (Å²) in [4.78, 5) is 73.1. The van der Waals surface area contributed by atoms with Crippen LogP contribution in [0.15, 0.2) is 134 Å². The molecular weight excluding hydrogens is 1350 g/mol. The molecule has 0 amide bonds. The van der Waals surface area contributed by atoms with Gasteiger partial charge in [-0.25, -0.2) is 9.13 Å². The number of hydrogen-bond donors (Lipinski definition) is 3. The summed E-state index contributed by atoms with van der Waals surface area (Å²) in [6, 6.07) is 0. The molecule has 0 bridgehead atoms. The normalized spacial score (nSPS) is 14.6. The minimum absolute atomic E-state index is 0.0683. The zero-order chi connectivity index (χ0) is 76.0. The summed E-state index contributed by atoms with van der Waals surface area (Å²) in [5.74, 6) is -2.24. The molecule has 104 heavy (non-hydrogen) atoms. The zero-order valence-corrected chi connectivity index (χ0v) is 66.9. The van der Waals surface area contributed by atoms with Crippen molar-refractivity contribution in [2.24, 2.45) is 0 Å². The highest BCUT2D eigenvalue weighted by molar-refractivity contribution is 7.47. The maximum atomic E-state index is 13.1. The van der Waals surface area contributed by atoms with E-state index in [1.807, 2.05) is 0 Å². The Morgan fingerprint density at radius 1 is 0.279 bits per heavy atom. The quantitative estimate of drug-likeness (QED) is 0.0169. The molecule has 17 nitrogen and oxygen atoms in total. The summed E-state index contributed by atoms with van der Waals surface area (Å²) in [5.41, 5.74) is 0. The van der Waals surface area contributed by atoms with Gasteiger partial charge in [-0.15, -0.1) is 0 Å². The smallest absolute Gasteiger partial charge is 0.462 e. The number of carbonyl (C=O) groups is 4. The van der Waals surface area contributed by atoms with E-state index >= 15 is 0 Å². The van der Waals surface area contributed by atoms with E-state index in [9.17, 15) is 43.2 Å². The Bertz CT molecular complexity index is 2490. The summed E-state index contributed by atoms with van der Waals surface area (Å²) in [6.07, 6.45) is 85.7. The monoisotopic (exact) mass is 1500 g/mol. The van der Waals surface area contributed by atoms with Gasteiger partial charge >= 0.3 is 39.5 Å². The molecule has 596 valence electrons. The Balaban J connectivity index is 5.40. The first-order chi connectivity index (χ1) is 50.7. The lowest BCUT2D eigenvalue weighted by molar-refractivity contribution is -0.161. The van der Waals surface area contributed by atoms with Gasteiger partial charge in [-0.3, -0.25) is 37.3 Å². The third-order valence-electron chi connectivity index (χ3n) is 16.6. The van der Waals surface area contributed by atoms with Gasteiger partial charge in [0.05, 0.1) is 26.4 Å². The largest absolute Gasteiger partial charge is 0.472 e. The van der Waals surface area contributed by atoms with Gasteiger partial charge < -0.3 is 33.8 Å².